The minimum Gasteiger partial charge on any atom is -0.480 e. The van der Waals surface area contributed by atoms with E-state index in [1.165, 1.54) is 0 Å². The number of thioether (sulfide) groups is 1. The quantitative estimate of drug-likeness (QED) is 0.539. The Morgan fingerprint density at radius 2 is 2.19 bits per heavy atom. The highest BCUT2D eigenvalue weighted by atomic mass is 32.2. The van der Waals surface area contributed by atoms with Crippen LogP contribution < -0.4 is 0 Å². The molecule has 0 spiro atoms. The molecular weight excluding hydrogens is 374 g/mol. The van der Waals surface area contributed by atoms with Crippen LogP contribution in [-0.4, -0.2) is 52.8 Å². The van der Waals surface area contributed by atoms with E-state index in [9.17, 15) is 9.59 Å². The van der Waals surface area contributed by atoms with E-state index in [-0.39, 0.29) is 4.32 Å². The van der Waals surface area contributed by atoms with E-state index in [1.54, 1.807) is 10.6 Å². The number of aromatic nitrogens is 4. The van der Waals surface area contributed by atoms with Gasteiger partial charge in [-0.15, -0.1) is 5.10 Å². The number of aryl methyl sites for hydroxylation is 1. The molecule has 1 saturated heterocycles. The monoisotopic (exact) mass is 385 g/mol. The van der Waals surface area contributed by atoms with Gasteiger partial charge in [0.2, 0.25) is 0 Å². The number of rotatable bonds is 3. The summed E-state index contributed by atoms with van der Waals surface area (Å²) in [5.74, 6) is -1.55. The Bertz CT molecular complexity index is 1140. The number of nitrogens with zero attached hydrogens (tertiary/aromatic N) is 5. The number of thiocarbonyl (C=S) groups is 1. The van der Waals surface area contributed by atoms with Gasteiger partial charge in [0.25, 0.3) is 5.91 Å². The Hall–Kier alpha value is -2.85. The Morgan fingerprint density at radius 3 is 2.96 bits per heavy atom. The Labute approximate surface area is 156 Å². The number of carboxylic acid groups (broad SMARTS) is 1. The highest BCUT2D eigenvalue weighted by molar-refractivity contribution is 8.26. The maximum atomic E-state index is 12.5. The summed E-state index contributed by atoms with van der Waals surface area (Å²) in [7, 11) is 0. The second-order valence-electron chi connectivity index (χ2n) is 5.74. The van der Waals surface area contributed by atoms with Gasteiger partial charge >= 0.3 is 5.97 Å². The molecule has 0 radical (unpaired) electrons. The molecule has 1 aliphatic heterocycles. The van der Waals surface area contributed by atoms with Crippen LogP contribution in [0, 0.1) is 6.92 Å². The Balaban J connectivity index is 1.85. The van der Waals surface area contributed by atoms with E-state index in [2.05, 4.69) is 15.5 Å². The summed E-state index contributed by atoms with van der Waals surface area (Å²) in [6.07, 6.45) is 1.65. The van der Waals surface area contributed by atoms with Crippen molar-refractivity contribution in [2.45, 2.75) is 6.92 Å². The van der Waals surface area contributed by atoms with Gasteiger partial charge in [-0.2, -0.15) is 4.52 Å². The molecule has 8 nitrogen and oxygen atoms in total. The van der Waals surface area contributed by atoms with Gasteiger partial charge in [0.1, 0.15) is 10.9 Å². The van der Waals surface area contributed by atoms with Crippen LogP contribution in [0.5, 0.6) is 0 Å². The zero-order valence-electron chi connectivity index (χ0n) is 13.4. The zero-order chi connectivity index (χ0) is 18.4. The summed E-state index contributed by atoms with van der Waals surface area (Å²) in [4.78, 5) is 24.8. The van der Waals surface area contributed by atoms with Crippen molar-refractivity contribution in [3.63, 3.8) is 0 Å². The highest BCUT2D eigenvalue weighted by Crippen LogP contribution is 2.33. The summed E-state index contributed by atoms with van der Waals surface area (Å²) < 4.78 is 1.83. The third-order valence-corrected chi connectivity index (χ3v) is 5.28. The number of fused-ring (bicyclic) bond motifs is 3. The minimum atomic E-state index is -1.12. The molecule has 1 N–H and O–H groups in total. The number of benzene rings is 1. The standard InChI is InChI=1S/C16H11N5O3S2/c1-8-2-3-11-9(4-8)5-10(14-17-18-19-21(11)14)6-12-15(24)20(7-13(22)23)16(25)26-12/h2-6H,7H2,1H3,(H,22,23)/b12-6-. The number of amides is 1. The lowest BCUT2D eigenvalue weighted by molar-refractivity contribution is -0.140. The smallest absolute Gasteiger partial charge is 0.323 e. The molecule has 130 valence electrons. The number of pyridine rings is 1. The molecular formula is C16H11N5O3S2. The molecule has 1 amide bonds. The molecule has 0 saturated carbocycles. The molecule has 0 bridgehead atoms. The number of carboxylic acids is 1. The Kier molecular flexibility index (Phi) is 3.93. The molecule has 1 fully saturated rings. The molecule has 3 aromatic rings. The van der Waals surface area contributed by atoms with Crippen LogP contribution in [0.1, 0.15) is 11.1 Å². The third kappa shape index (κ3) is 2.72. The number of tetrazole rings is 1. The number of aliphatic carboxylic acids is 1. The van der Waals surface area contributed by atoms with Crippen molar-refractivity contribution in [3.8, 4) is 0 Å². The van der Waals surface area contributed by atoms with Gasteiger partial charge in [-0.3, -0.25) is 14.5 Å². The molecule has 0 atom stereocenters. The normalized spacial score (nSPS) is 16.3. The van der Waals surface area contributed by atoms with E-state index in [4.69, 9.17) is 17.3 Å². The van der Waals surface area contributed by atoms with Crippen molar-refractivity contribution < 1.29 is 14.7 Å². The lowest BCUT2D eigenvalue weighted by Crippen LogP contribution is -2.33. The van der Waals surface area contributed by atoms with Crippen LogP contribution in [0.3, 0.4) is 0 Å². The van der Waals surface area contributed by atoms with Crippen molar-refractivity contribution in [2.75, 3.05) is 6.54 Å². The molecule has 0 aliphatic carbocycles. The molecule has 2 aromatic heterocycles. The topological polar surface area (TPSA) is 101 Å². The lowest BCUT2D eigenvalue weighted by Gasteiger charge is -2.10. The number of hydrogen-bond acceptors (Lipinski definition) is 7. The van der Waals surface area contributed by atoms with Gasteiger partial charge < -0.3 is 5.11 Å². The predicted octanol–water partition coefficient (Wildman–Crippen LogP) is 1.87. The maximum Gasteiger partial charge on any atom is 0.323 e. The van der Waals surface area contributed by atoms with E-state index in [0.29, 0.717) is 16.1 Å². The molecule has 4 rings (SSSR count). The van der Waals surface area contributed by atoms with Crippen LogP contribution in [0.4, 0.5) is 0 Å². The number of carbonyl (C=O) groups excluding carboxylic acids is 1. The molecule has 1 aliphatic rings. The van der Waals surface area contributed by atoms with Crippen LogP contribution in [0.2, 0.25) is 0 Å². The van der Waals surface area contributed by atoms with Crippen LogP contribution >= 0.6 is 24.0 Å². The first-order valence-electron chi connectivity index (χ1n) is 7.52. The first-order valence-corrected chi connectivity index (χ1v) is 8.75. The molecule has 0 unspecified atom stereocenters. The predicted molar refractivity (Wildman–Crippen MR) is 101 cm³/mol. The average molecular weight is 385 g/mol. The van der Waals surface area contributed by atoms with Crippen molar-refractivity contribution in [1.82, 2.24) is 24.9 Å². The summed E-state index contributed by atoms with van der Waals surface area (Å²) in [5, 5.41) is 21.6. The summed E-state index contributed by atoms with van der Waals surface area (Å²) in [5.41, 5.74) is 3.10. The molecule has 10 heteroatoms. The second kappa shape index (κ2) is 6.15. The Morgan fingerprint density at radius 1 is 1.38 bits per heavy atom. The summed E-state index contributed by atoms with van der Waals surface area (Å²) in [6, 6.07) is 7.81. The summed E-state index contributed by atoms with van der Waals surface area (Å²) >= 11 is 6.19. The SMILES string of the molecule is Cc1ccc2c(c1)cc(/C=C1\SC(=S)N(CC(=O)O)C1=O)c1nnnn12. The fourth-order valence-electron chi connectivity index (χ4n) is 2.76. The van der Waals surface area contributed by atoms with Gasteiger partial charge in [-0.25, -0.2) is 0 Å². The van der Waals surface area contributed by atoms with Gasteiger partial charge in [0.15, 0.2) is 5.65 Å². The van der Waals surface area contributed by atoms with E-state index in [0.717, 1.165) is 33.1 Å². The van der Waals surface area contributed by atoms with Crippen LogP contribution in [-0.2, 0) is 9.59 Å². The largest absolute Gasteiger partial charge is 0.480 e. The average Bonchev–Trinajstić information content (AvgIpc) is 3.16. The second-order valence-corrected chi connectivity index (χ2v) is 7.41. The number of carbonyl (C=O) groups is 2. The zero-order valence-corrected chi connectivity index (χ0v) is 15.0. The van der Waals surface area contributed by atoms with Crippen LogP contribution in [0.15, 0.2) is 29.2 Å². The maximum absolute atomic E-state index is 12.5. The van der Waals surface area contributed by atoms with Crippen molar-refractivity contribution in [2.24, 2.45) is 0 Å². The summed E-state index contributed by atoms with van der Waals surface area (Å²) in [6.45, 7) is 1.53. The molecule has 3 heterocycles. The fraction of sp³-hybridized carbons (Fsp3) is 0.125. The first-order chi connectivity index (χ1) is 12.4. The lowest BCUT2D eigenvalue weighted by atomic mass is 10.1. The van der Waals surface area contributed by atoms with Gasteiger partial charge in [-0.05, 0) is 41.6 Å². The fourth-order valence-corrected chi connectivity index (χ4v) is 4.01. The third-order valence-electron chi connectivity index (χ3n) is 3.90. The minimum absolute atomic E-state index is 0.218. The van der Waals surface area contributed by atoms with E-state index in [1.807, 2.05) is 31.2 Å². The first kappa shape index (κ1) is 16.6. The molecule has 26 heavy (non-hydrogen) atoms. The highest BCUT2D eigenvalue weighted by Gasteiger charge is 2.33. The van der Waals surface area contributed by atoms with Crippen LogP contribution in [0.25, 0.3) is 22.6 Å². The van der Waals surface area contributed by atoms with Gasteiger partial charge in [-0.1, -0.05) is 35.6 Å². The van der Waals surface area contributed by atoms with Gasteiger partial charge in [0.05, 0.1) is 10.4 Å². The van der Waals surface area contributed by atoms with Gasteiger partial charge in [0, 0.05) is 10.9 Å². The van der Waals surface area contributed by atoms with Crippen molar-refractivity contribution >= 4 is 62.8 Å². The van der Waals surface area contributed by atoms with Crippen molar-refractivity contribution in [1.29, 1.82) is 0 Å². The van der Waals surface area contributed by atoms with E-state index < -0.39 is 18.4 Å². The molecule has 1 aromatic carbocycles. The van der Waals surface area contributed by atoms with E-state index >= 15 is 0 Å². The van der Waals surface area contributed by atoms with Crippen molar-refractivity contribution in [3.05, 3.63) is 40.3 Å². The number of hydrogen-bond donors (Lipinski definition) is 1.